The van der Waals surface area contributed by atoms with Crippen molar-refractivity contribution < 1.29 is 9.47 Å². The van der Waals surface area contributed by atoms with E-state index in [1.165, 1.54) is 24.0 Å². The lowest BCUT2D eigenvalue weighted by molar-refractivity contribution is 0.157. The van der Waals surface area contributed by atoms with E-state index >= 15 is 0 Å². The van der Waals surface area contributed by atoms with Gasteiger partial charge in [-0.25, -0.2) is 0 Å². The van der Waals surface area contributed by atoms with Crippen LogP contribution in [0.4, 0.5) is 0 Å². The Morgan fingerprint density at radius 1 is 1.33 bits per heavy atom. The maximum Gasteiger partial charge on any atom is 0.121 e. The van der Waals surface area contributed by atoms with Gasteiger partial charge in [-0.15, -0.1) is 0 Å². The van der Waals surface area contributed by atoms with Gasteiger partial charge in [-0.3, -0.25) is 0 Å². The minimum atomic E-state index is 0.498. The van der Waals surface area contributed by atoms with Crippen LogP contribution in [0.3, 0.4) is 0 Å². The molecular weight excluding hydrogens is 226 g/mol. The van der Waals surface area contributed by atoms with Gasteiger partial charge in [0.05, 0.1) is 13.7 Å². The molecule has 1 aliphatic rings. The maximum absolute atomic E-state index is 5.27. The summed E-state index contributed by atoms with van der Waals surface area (Å²) in [5, 5.41) is 3.60. The van der Waals surface area contributed by atoms with Crippen molar-refractivity contribution in [1.82, 2.24) is 5.32 Å². The zero-order valence-electron chi connectivity index (χ0n) is 11.5. The van der Waals surface area contributed by atoms with E-state index in [9.17, 15) is 0 Å². The summed E-state index contributed by atoms with van der Waals surface area (Å²) >= 11 is 0. The van der Waals surface area contributed by atoms with E-state index in [0.29, 0.717) is 6.04 Å². The Morgan fingerprint density at radius 3 is 2.67 bits per heavy atom. The van der Waals surface area contributed by atoms with Crippen LogP contribution in [-0.4, -0.2) is 26.9 Å². The molecule has 100 valence electrons. The molecule has 3 heteroatoms. The Balaban J connectivity index is 1.90. The standard InChI is InChI=1S/C15H23NO2/c1-11-8-12(4-7-15(11)18-3)9-16-14(10-17-2)13-5-6-13/h4,7-8,13-14,16H,5-6,9-10H2,1-3H3/t14-/m1/s1. The minimum Gasteiger partial charge on any atom is -0.496 e. The van der Waals surface area contributed by atoms with E-state index in [1.54, 1.807) is 14.2 Å². The molecule has 2 rings (SSSR count). The van der Waals surface area contributed by atoms with Gasteiger partial charge in [0.25, 0.3) is 0 Å². The van der Waals surface area contributed by atoms with Gasteiger partial charge in [-0.1, -0.05) is 12.1 Å². The number of benzene rings is 1. The molecule has 1 aliphatic carbocycles. The second-order valence-electron chi connectivity index (χ2n) is 5.08. The summed E-state index contributed by atoms with van der Waals surface area (Å²) in [6.45, 7) is 3.78. The van der Waals surface area contributed by atoms with Gasteiger partial charge in [0.15, 0.2) is 0 Å². The highest BCUT2D eigenvalue weighted by atomic mass is 16.5. The van der Waals surface area contributed by atoms with Gasteiger partial charge in [-0.05, 0) is 42.9 Å². The smallest absolute Gasteiger partial charge is 0.121 e. The van der Waals surface area contributed by atoms with Crippen molar-refractivity contribution in [1.29, 1.82) is 0 Å². The predicted molar refractivity (Wildman–Crippen MR) is 73.0 cm³/mol. The molecule has 0 radical (unpaired) electrons. The molecule has 18 heavy (non-hydrogen) atoms. The van der Waals surface area contributed by atoms with Crippen LogP contribution in [0.5, 0.6) is 5.75 Å². The van der Waals surface area contributed by atoms with Crippen LogP contribution in [-0.2, 0) is 11.3 Å². The predicted octanol–water partition coefficient (Wildman–Crippen LogP) is 2.52. The van der Waals surface area contributed by atoms with Crippen LogP contribution < -0.4 is 10.1 Å². The molecule has 0 saturated heterocycles. The largest absolute Gasteiger partial charge is 0.496 e. The Bertz CT molecular complexity index is 388. The fourth-order valence-electron chi connectivity index (χ4n) is 2.34. The fourth-order valence-corrected chi connectivity index (χ4v) is 2.34. The first-order valence-electron chi connectivity index (χ1n) is 6.60. The van der Waals surface area contributed by atoms with Crippen molar-refractivity contribution in [3.8, 4) is 5.75 Å². The lowest BCUT2D eigenvalue weighted by Gasteiger charge is -2.17. The number of methoxy groups -OCH3 is 2. The van der Waals surface area contributed by atoms with Crippen molar-refractivity contribution >= 4 is 0 Å². The summed E-state index contributed by atoms with van der Waals surface area (Å²) in [4.78, 5) is 0. The number of ether oxygens (including phenoxy) is 2. The summed E-state index contributed by atoms with van der Waals surface area (Å²) in [6.07, 6.45) is 2.67. The van der Waals surface area contributed by atoms with Crippen LogP contribution >= 0.6 is 0 Å². The van der Waals surface area contributed by atoms with Gasteiger partial charge >= 0.3 is 0 Å². The van der Waals surface area contributed by atoms with Crippen molar-refractivity contribution in [3.63, 3.8) is 0 Å². The number of hydrogen-bond acceptors (Lipinski definition) is 3. The second-order valence-corrected chi connectivity index (χ2v) is 5.08. The average Bonchev–Trinajstić information content (AvgIpc) is 3.19. The summed E-state index contributed by atoms with van der Waals surface area (Å²) in [7, 11) is 3.48. The molecule has 1 fully saturated rings. The molecule has 3 nitrogen and oxygen atoms in total. The van der Waals surface area contributed by atoms with Gasteiger partial charge in [0, 0.05) is 19.7 Å². The highest BCUT2D eigenvalue weighted by molar-refractivity contribution is 5.36. The molecule has 1 aromatic carbocycles. The van der Waals surface area contributed by atoms with Crippen molar-refractivity contribution in [3.05, 3.63) is 29.3 Å². The van der Waals surface area contributed by atoms with Crippen molar-refractivity contribution in [2.24, 2.45) is 5.92 Å². The molecule has 0 aliphatic heterocycles. The number of rotatable bonds is 7. The molecule has 0 unspecified atom stereocenters. The summed E-state index contributed by atoms with van der Waals surface area (Å²) in [6, 6.07) is 6.84. The Kier molecular flexibility index (Phi) is 4.61. The lowest BCUT2D eigenvalue weighted by atomic mass is 10.1. The van der Waals surface area contributed by atoms with Crippen LogP contribution in [0.15, 0.2) is 18.2 Å². The van der Waals surface area contributed by atoms with Gasteiger partial charge < -0.3 is 14.8 Å². The monoisotopic (exact) mass is 249 g/mol. The van der Waals surface area contributed by atoms with E-state index < -0.39 is 0 Å². The topological polar surface area (TPSA) is 30.5 Å². The van der Waals surface area contributed by atoms with Gasteiger partial charge in [0.2, 0.25) is 0 Å². The Hall–Kier alpha value is -1.06. The molecule has 0 spiro atoms. The Labute approximate surface area is 109 Å². The molecular formula is C15H23NO2. The first-order valence-corrected chi connectivity index (χ1v) is 6.60. The molecule has 0 bridgehead atoms. The first kappa shape index (κ1) is 13.4. The molecule has 0 heterocycles. The first-order chi connectivity index (χ1) is 8.74. The molecule has 0 aromatic heterocycles. The molecule has 1 atom stereocenters. The summed E-state index contributed by atoms with van der Waals surface area (Å²) < 4.78 is 10.5. The highest BCUT2D eigenvalue weighted by Crippen LogP contribution is 2.32. The summed E-state index contributed by atoms with van der Waals surface area (Å²) in [5.41, 5.74) is 2.49. The fraction of sp³-hybridized carbons (Fsp3) is 0.600. The van der Waals surface area contributed by atoms with Crippen LogP contribution in [0.1, 0.15) is 24.0 Å². The van der Waals surface area contributed by atoms with Crippen LogP contribution in [0, 0.1) is 12.8 Å². The third-order valence-electron chi connectivity index (χ3n) is 3.56. The van der Waals surface area contributed by atoms with E-state index in [1.807, 2.05) is 6.07 Å². The second kappa shape index (κ2) is 6.21. The SMILES string of the molecule is COC[C@@H](NCc1ccc(OC)c(C)c1)C1CC1. The van der Waals surface area contributed by atoms with Crippen LogP contribution in [0.25, 0.3) is 0 Å². The Morgan fingerprint density at radius 2 is 2.11 bits per heavy atom. The number of nitrogens with one attached hydrogen (secondary N) is 1. The number of hydrogen-bond donors (Lipinski definition) is 1. The zero-order chi connectivity index (χ0) is 13.0. The highest BCUT2D eigenvalue weighted by Gasteiger charge is 2.30. The maximum atomic E-state index is 5.27. The minimum absolute atomic E-state index is 0.498. The third-order valence-corrected chi connectivity index (χ3v) is 3.56. The van der Waals surface area contributed by atoms with Crippen molar-refractivity contribution in [2.45, 2.75) is 32.4 Å². The molecule has 0 amide bonds. The number of aryl methyl sites for hydroxylation is 1. The normalized spacial score (nSPS) is 16.6. The third kappa shape index (κ3) is 3.47. The van der Waals surface area contributed by atoms with E-state index in [2.05, 4.69) is 24.4 Å². The van der Waals surface area contributed by atoms with E-state index in [4.69, 9.17) is 9.47 Å². The van der Waals surface area contributed by atoms with Gasteiger partial charge in [-0.2, -0.15) is 0 Å². The van der Waals surface area contributed by atoms with Gasteiger partial charge in [0.1, 0.15) is 5.75 Å². The molecule has 1 N–H and O–H groups in total. The molecule has 1 saturated carbocycles. The lowest BCUT2D eigenvalue weighted by Crippen LogP contribution is -2.34. The van der Waals surface area contributed by atoms with E-state index in [0.717, 1.165) is 24.8 Å². The molecule has 1 aromatic rings. The quantitative estimate of drug-likeness (QED) is 0.805. The average molecular weight is 249 g/mol. The van der Waals surface area contributed by atoms with Crippen molar-refractivity contribution in [2.75, 3.05) is 20.8 Å². The van der Waals surface area contributed by atoms with Crippen LogP contribution in [0.2, 0.25) is 0 Å². The van der Waals surface area contributed by atoms with E-state index in [-0.39, 0.29) is 0 Å². The zero-order valence-corrected chi connectivity index (χ0v) is 11.5. The summed E-state index contributed by atoms with van der Waals surface area (Å²) in [5.74, 6) is 1.76.